The van der Waals surface area contributed by atoms with Crippen LogP contribution in [0.3, 0.4) is 0 Å². The minimum absolute atomic E-state index is 0.0853. The van der Waals surface area contributed by atoms with Gasteiger partial charge in [0.05, 0.1) is 11.8 Å². The van der Waals surface area contributed by atoms with Crippen LogP contribution in [0.1, 0.15) is 59.8 Å². The number of carbonyl (C=O) groups is 2. The third-order valence-corrected chi connectivity index (χ3v) is 5.03. The summed E-state index contributed by atoms with van der Waals surface area (Å²) >= 11 is 0.996. The second-order valence-corrected chi connectivity index (χ2v) is 7.36. The Morgan fingerprint density at radius 1 is 1.15 bits per heavy atom. The molecule has 0 saturated heterocycles. The van der Waals surface area contributed by atoms with Gasteiger partial charge in [0.1, 0.15) is 16.9 Å². The van der Waals surface area contributed by atoms with Crippen LogP contribution in [0.4, 0.5) is 14.5 Å². The number of hydrogen-bond donors (Lipinski definition) is 1. The van der Waals surface area contributed by atoms with Crippen LogP contribution in [0.2, 0.25) is 0 Å². The molecule has 0 aromatic heterocycles. The third kappa shape index (κ3) is 6.94. The number of hydrogen-bond acceptors (Lipinski definition) is 4. The van der Waals surface area contributed by atoms with E-state index in [2.05, 4.69) is 5.32 Å². The molecule has 146 valence electrons. The zero-order valence-corrected chi connectivity index (χ0v) is 16.6. The van der Waals surface area contributed by atoms with Gasteiger partial charge in [0.15, 0.2) is 0 Å². The van der Waals surface area contributed by atoms with Gasteiger partial charge in [-0.2, -0.15) is 0 Å². The van der Waals surface area contributed by atoms with E-state index in [4.69, 9.17) is 4.74 Å². The van der Waals surface area contributed by atoms with Gasteiger partial charge in [0.2, 0.25) is 5.91 Å². The van der Waals surface area contributed by atoms with Gasteiger partial charge in [-0.05, 0) is 32.3 Å². The van der Waals surface area contributed by atoms with Crippen molar-refractivity contribution in [3.8, 4) is 0 Å². The molecule has 0 spiro atoms. The van der Waals surface area contributed by atoms with Crippen molar-refractivity contribution in [2.45, 2.75) is 76.0 Å². The van der Waals surface area contributed by atoms with Crippen LogP contribution in [0.5, 0.6) is 0 Å². The highest BCUT2D eigenvalue weighted by atomic mass is 32.2. The topological polar surface area (TPSA) is 55.4 Å². The van der Waals surface area contributed by atoms with Crippen LogP contribution in [0.15, 0.2) is 17.0 Å². The van der Waals surface area contributed by atoms with Crippen molar-refractivity contribution in [3.05, 3.63) is 23.8 Å². The first kappa shape index (κ1) is 22.4. The molecule has 0 aliphatic carbocycles. The Balaban J connectivity index is 3.00. The maximum absolute atomic E-state index is 14.2. The van der Waals surface area contributed by atoms with Gasteiger partial charge in [-0.15, -0.1) is 11.8 Å². The third-order valence-electron chi connectivity index (χ3n) is 3.75. The number of halogens is 2. The van der Waals surface area contributed by atoms with Gasteiger partial charge in [0.25, 0.3) is 0 Å². The number of anilines is 1. The maximum atomic E-state index is 14.2. The van der Waals surface area contributed by atoms with Gasteiger partial charge in [-0.1, -0.05) is 27.2 Å². The largest absolute Gasteiger partial charge is 0.462 e. The minimum atomic E-state index is -0.842. The first-order valence-electron chi connectivity index (χ1n) is 8.98. The summed E-state index contributed by atoms with van der Waals surface area (Å²) in [4.78, 5) is 24.1. The predicted octanol–water partition coefficient (Wildman–Crippen LogP) is 5.31. The Morgan fingerprint density at radius 2 is 1.85 bits per heavy atom. The molecule has 0 heterocycles. The molecule has 26 heavy (non-hydrogen) atoms. The van der Waals surface area contributed by atoms with E-state index in [-0.39, 0.29) is 29.0 Å². The van der Waals surface area contributed by atoms with Crippen LogP contribution >= 0.6 is 11.8 Å². The maximum Gasteiger partial charge on any atom is 0.319 e. The highest BCUT2D eigenvalue weighted by molar-refractivity contribution is 8.00. The van der Waals surface area contributed by atoms with Crippen molar-refractivity contribution in [2.24, 2.45) is 0 Å². The molecule has 0 aliphatic heterocycles. The number of rotatable bonds is 10. The first-order chi connectivity index (χ1) is 12.3. The molecule has 1 aromatic rings. The fourth-order valence-corrected chi connectivity index (χ4v) is 3.32. The molecule has 0 radical (unpaired) electrons. The molecule has 1 rings (SSSR count). The highest BCUT2D eigenvalue weighted by Gasteiger charge is 2.24. The van der Waals surface area contributed by atoms with Crippen molar-refractivity contribution < 1.29 is 23.1 Å². The number of esters is 1. The number of amides is 1. The zero-order chi connectivity index (χ0) is 19.7. The predicted molar refractivity (Wildman–Crippen MR) is 100 cm³/mol. The Labute approximate surface area is 158 Å². The van der Waals surface area contributed by atoms with Gasteiger partial charge in [-0.3, -0.25) is 9.59 Å². The monoisotopic (exact) mass is 387 g/mol. The van der Waals surface area contributed by atoms with Crippen molar-refractivity contribution in [2.75, 3.05) is 5.32 Å². The van der Waals surface area contributed by atoms with E-state index in [1.807, 2.05) is 20.8 Å². The second kappa shape index (κ2) is 11.2. The number of thioether (sulfide) groups is 1. The van der Waals surface area contributed by atoms with Gasteiger partial charge < -0.3 is 10.1 Å². The van der Waals surface area contributed by atoms with Crippen molar-refractivity contribution >= 4 is 29.3 Å². The average Bonchev–Trinajstić information content (AvgIpc) is 2.58. The summed E-state index contributed by atoms with van der Waals surface area (Å²) in [7, 11) is 0. The minimum Gasteiger partial charge on any atom is -0.462 e. The summed E-state index contributed by atoms with van der Waals surface area (Å²) in [6.07, 6.45) is 2.57. The molecular formula is C19H27F2NO3S. The Morgan fingerprint density at radius 3 is 2.42 bits per heavy atom. The van der Waals surface area contributed by atoms with Crippen LogP contribution in [-0.2, 0) is 14.3 Å². The molecule has 1 N–H and O–H groups in total. The molecular weight excluding hydrogens is 360 g/mol. The van der Waals surface area contributed by atoms with E-state index in [0.717, 1.165) is 24.2 Å². The van der Waals surface area contributed by atoms with Gasteiger partial charge >= 0.3 is 5.97 Å². The van der Waals surface area contributed by atoms with Gasteiger partial charge in [0, 0.05) is 17.4 Å². The van der Waals surface area contributed by atoms with Crippen LogP contribution in [0.25, 0.3) is 0 Å². The van der Waals surface area contributed by atoms with Crippen LogP contribution in [0, 0.1) is 11.6 Å². The quantitative estimate of drug-likeness (QED) is 0.437. The van der Waals surface area contributed by atoms with Crippen molar-refractivity contribution in [3.63, 3.8) is 0 Å². The molecule has 0 fully saturated rings. The standard InChI is InChI=1S/C19H27F2NO3S/c1-5-8-16(19(24)25-12(4)7-3)26-17-11-15(13(20)10-14(17)21)22-18(23)9-6-2/h10-12,16H,5-9H2,1-4H3,(H,22,23). The molecule has 0 bridgehead atoms. The molecule has 2 unspecified atom stereocenters. The van der Waals surface area contributed by atoms with Gasteiger partial charge in [-0.25, -0.2) is 8.78 Å². The van der Waals surface area contributed by atoms with Crippen molar-refractivity contribution in [1.29, 1.82) is 0 Å². The smallest absolute Gasteiger partial charge is 0.319 e. The Bertz CT molecular complexity index is 625. The fourth-order valence-electron chi connectivity index (χ4n) is 2.15. The normalized spacial score (nSPS) is 13.2. The second-order valence-electron chi connectivity index (χ2n) is 6.11. The number of nitrogens with one attached hydrogen (secondary N) is 1. The lowest BCUT2D eigenvalue weighted by Crippen LogP contribution is -2.24. The van der Waals surface area contributed by atoms with Crippen LogP contribution in [-0.4, -0.2) is 23.2 Å². The lowest BCUT2D eigenvalue weighted by atomic mass is 10.2. The molecule has 2 atom stereocenters. The number of benzene rings is 1. The summed E-state index contributed by atoms with van der Waals surface area (Å²) in [6.45, 7) is 7.46. The lowest BCUT2D eigenvalue weighted by molar-refractivity contribution is -0.147. The van der Waals surface area contributed by atoms with E-state index in [9.17, 15) is 18.4 Å². The lowest BCUT2D eigenvalue weighted by Gasteiger charge is -2.19. The number of ether oxygens (including phenoxy) is 1. The van der Waals surface area contributed by atoms with Crippen molar-refractivity contribution in [1.82, 2.24) is 0 Å². The number of carbonyl (C=O) groups excluding carboxylic acids is 2. The molecule has 0 saturated carbocycles. The van der Waals surface area contributed by atoms with Crippen LogP contribution < -0.4 is 5.32 Å². The summed E-state index contributed by atoms with van der Waals surface area (Å²) < 4.78 is 33.5. The van der Waals surface area contributed by atoms with E-state index in [1.54, 1.807) is 6.92 Å². The average molecular weight is 387 g/mol. The zero-order valence-electron chi connectivity index (χ0n) is 15.7. The van der Waals surface area contributed by atoms with E-state index in [1.165, 1.54) is 6.07 Å². The summed E-state index contributed by atoms with van der Waals surface area (Å²) in [5.41, 5.74) is -0.0853. The molecule has 0 aliphatic rings. The van der Waals surface area contributed by atoms with E-state index < -0.39 is 22.9 Å². The molecule has 7 heteroatoms. The molecule has 4 nitrogen and oxygen atoms in total. The summed E-state index contributed by atoms with van der Waals surface area (Å²) in [5, 5.41) is 1.85. The highest BCUT2D eigenvalue weighted by Crippen LogP contribution is 2.33. The fraction of sp³-hybridized carbons (Fsp3) is 0.579. The summed E-state index contributed by atoms with van der Waals surface area (Å²) in [6, 6.07) is 1.97. The van der Waals surface area contributed by atoms with E-state index in [0.29, 0.717) is 19.3 Å². The first-order valence-corrected chi connectivity index (χ1v) is 9.86. The Kier molecular flexibility index (Phi) is 9.62. The summed E-state index contributed by atoms with van der Waals surface area (Å²) in [5.74, 6) is -2.36. The van der Waals surface area contributed by atoms with E-state index >= 15 is 0 Å². The molecule has 1 aromatic carbocycles. The molecule has 1 amide bonds. The SMILES string of the molecule is CCCC(=O)Nc1cc(SC(CCC)C(=O)OC(C)CC)c(F)cc1F. The Hall–Kier alpha value is -1.63.